The quantitative estimate of drug-likeness (QED) is 0.779. The first kappa shape index (κ1) is 18.3. The van der Waals surface area contributed by atoms with Gasteiger partial charge in [0.05, 0.1) is 17.3 Å². The molecule has 0 aliphatic carbocycles. The zero-order valence-electron chi connectivity index (χ0n) is 15.5. The maximum atomic E-state index is 15.1. The van der Waals surface area contributed by atoms with Gasteiger partial charge in [0, 0.05) is 26.2 Å². The summed E-state index contributed by atoms with van der Waals surface area (Å²) < 4.78 is 27.2. The van der Waals surface area contributed by atoms with Crippen molar-refractivity contribution in [3.8, 4) is 11.5 Å². The molecule has 8 nitrogen and oxygen atoms in total. The van der Waals surface area contributed by atoms with Gasteiger partial charge < -0.3 is 29.4 Å². The van der Waals surface area contributed by atoms with Crippen molar-refractivity contribution in [1.29, 1.82) is 0 Å². The first-order chi connectivity index (χ1) is 13.4. The first-order valence-corrected chi connectivity index (χ1v) is 9.04. The zero-order chi connectivity index (χ0) is 20.0. The molecule has 2 N–H and O–H groups in total. The standard InChI is InChI=1S/C19H20FN3O5/c1-10(2)13-9-27-18-15-11(17(24)14(8-23(13)15)28-19(25)26)7-12(20)16(18)22-5-3-21-4-6-22/h7-10,21H,3-6H2,1-2H3,(H,25,26). The monoisotopic (exact) mass is 389 g/mol. The van der Waals surface area contributed by atoms with Gasteiger partial charge in [-0.1, -0.05) is 13.8 Å². The van der Waals surface area contributed by atoms with Crippen LogP contribution in [0.15, 0.2) is 23.3 Å². The molecule has 0 bridgehead atoms. The molecular formula is C19H20FN3O5. The molecular weight excluding hydrogens is 369 g/mol. The average molecular weight is 389 g/mol. The lowest BCUT2D eigenvalue weighted by molar-refractivity contribution is 0.144. The summed E-state index contributed by atoms with van der Waals surface area (Å²) in [5.74, 6) is -0.722. The minimum atomic E-state index is -1.61. The van der Waals surface area contributed by atoms with E-state index in [1.165, 1.54) is 12.5 Å². The van der Waals surface area contributed by atoms with E-state index in [4.69, 9.17) is 9.84 Å². The minimum absolute atomic E-state index is 0.00391. The van der Waals surface area contributed by atoms with Crippen LogP contribution in [0.25, 0.3) is 16.6 Å². The Morgan fingerprint density at radius 2 is 2.07 bits per heavy atom. The van der Waals surface area contributed by atoms with Crippen molar-refractivity contribution in [2.75, 3.05) is 31.1 Å². The van der Waals surface area contributed by atoms with E-state index >= 15 is 4.39 Å². The highest BCUT2D eigenvalue weighted by Gasteiger charge is 2.29. The Morgan fingerprint density at radius 1 is 1.36 bits per heavy atom. The van der Waals surface area contributed by atoms with Gasteiger partial charge in [0.2, 0.25) is 5.43 Å². The Kier molecular flexibility index (Phi) is 4.46. The fraction of sp³-hybridized carbons (Fsp3) is 0.368. The molecule has 4 rings (SSSR count). The van der Waals surface area contributed by atoms with Crippen molar-refractivity contribution in [2.24, 2.45) is 5.92 Å². The molecule has 3 heterocycles. The largest absolute Gasteiger partial charge is 0.511 e. The van der Waals surface area contributed by atoms with Crippen LogP contribution in [0, 0.1) is 11.7 Å². The summed E-state index contributed by atoms with van der Waals surface area (Å²) in [6.07, 6.45) is 1.23. The number of piperazine rings is 1. The van der Waals surface area contributed by atoms with Crippen molar-refractivity contribution < 1.29 is 23.8 Å². The van der Waals surface area contributed by atoms with E-state index in [0.717, 1.165) is 6.07 Å². The maximum Gasteiger partial charge on any atom is 0.511 e. The maximum absolute atomic E-state index is 15.1. The van der Waals surface area contributed by atoms with Crippen LogP contribution in [0.5, 0.6) is 11.5 Å². The highest BCUT2D eigenvalue weighted by Crippen LogP contribution is 2.43. The number of aromatic nitrogens is 1. The van der Waals surface area contributed by atoms with Gasteiger partial charge in [0.1, 0.15) is 17.5 Å². The number of halogens is 1. The highest BCUT2D eigenvalue weighted by molar-refractivity contribution is 5.95. The van der Waals surface area contributed by atoms with Crippen LogP contribution in [-0.2, 0) is 0 Å². The lowest BCUT2D eigenvalue weighted by Crippen LogP contribution is -2.44. The number of ether oxygens (including phenoxy) is 2. The number of benzene rings is 1. The third-order valence-electron chi connectivity index (χ3n) is 4.94. The molecule has 2 aromatic rings. The fourth-order valence-corrected chi connectivity index (χ4v) is 3.65. The molecule has 1 aromatic carbocycles. The van der Waals surface area contributed by atoms with E-state index in [0.29, 0.717) is 43.1 Å². The minimum Gasteiger partial charge on any atom is -0.459 e. The van der Waals surface area contributed by atoms with Crippen molar-refractivity contribution in [1.82, 2.24) is 9.88 Å². The second-order valence-electron chi connectivity index (χ2n) is 7.05. The van der Waals surface area contributed by atoms with Crippen LogP contribution in [0.4, 0.5) is 14.9 Å². The van der Waals surface area contributed by atoms with Gasteiger partial charge in [-0.2, -0.15) is 0 Å². The third kappa shape index (κ3) is 2.88. The summed E-state index contributed by atoms with van der Waals surface area (Å²) in [6, 6.07) is 1.14. The van der Waals surface area contributed by atoms with Crippen molar-refractivity contribution in [3.05, 3.63) is 34.6 Å². The molecule has 1 aromatic heterocycles. The number of carboxylic acid groups (broad SMARTS) is 1. The zero-order valence-corrected chi connectivity index (χ0v) is 15.5. The van der Waals surface area contributed by atoms with Gasteiger partial charge >= 0.3 is 6.16 Å². The van der Waals surface area contributed by atoms with Gasteiger partial charge in [-0.3, -0.25) is 4.79 Å². The molecule has 0 atom stereocenters. The van der Waals surface area contributed by atoms with Gasteiger partial charge in [0.15, 0.2) is 17.3 Å². The number of allylic oxidation sites excluding steroid dienone is 1. The summed E-state index contributed by atoms with van der Waals surface area (Å²) in [5, 5.41) is 12.2. The number of carbonyl (C=O) groups is 1. The number of nitrogens with one attached hydrogen (secondary N) is 1. The van der Waals surface area contributed by atoms with E-state index in [-0.39, 0.29) is 22.8 Å². The number of hydrogen-bond donors (Lipinski definition) is 2. The Labute approximate surface area is 159 Å². The van der Waals surface area contributed by atoms with E-state index in [9.17, 15) is 9.59 Å². The van der Waals surface area contributed by atoms with Crippen LogP contribution in [0.2, 0.25) is 0 Å². The number of pyridine rings is 1. The van der Waals surface area contributed by atoms with E-state index in [1.807, 2.05) is 18.7 Å². The van der Waals surface area contributed by atoms with Crippen LogP contribution in [0.1, 0.15) is 13.8 Å². The van der Waals surface area contributed by atoms with Crippen LogP contribution in [0.3, 0.4) is 0 Å². The molecule has 9 heteroatoms. The predicted molar refractivity (Wildman–Crippen MR) is 102 cm³/mol. The third-order valence-corrected chi connectivity index (χ3v) is 4.94. The Balaban J connectivity index is 2.03. The Morgan fingerprint density at radius 3 is 2.71 bits per heavy atom. The van der Waals surface area contributed by atoms with E-state index in [2.05, 4.69) is 10.1 Å². The van der Waals surface area contributed by atoms with Crippen LogP contribution < -0.4 is 25.1 Å². The lowest BCUT2D eigenvalue weighted by atomic mass is 10.1. The van der Waals surface area contributed by atoms with Crippen LogP contribution in [-0.4, -0.2) is 42.0 Å². The molecule has 0 spiro atoms. The molecule has 0 unspecified atom stereocenters. The van der Waals surface area contributed by atoms with Crippen LogP contribution >= 0.6 is 0 Å². The van der Waals surface area contributed by atoms with E-state index in [1.54, 1.807) is 4.57 Å². The second kappa shape index (κ2) is 6.83. The SMILES string of the molecule is CC(C)C1=COc2c(N3CCNCC3)c(F)cc3c(=O)c(OC(=O)O)cn1c23. The summed E-state index contributed by atoms with van der Waals surface area (Å²) >= 11 is 0. The fourth-order valence-electron chi connectivity index (χ4n) is 3.65. The Bertz CT molecular complexity index is 1050. The number of nitrogens with zero attached hydrogens (tertiary/aromatic N) is 2. The number of hydrogen-bond acceptors (Lipinski definition) is 6. The van der Waals surface area contributed by atoms with Gasteiger partial charge in [-0.25, -0.2) is 9.18 Å². The first-order valence-electron chi connectivity index (χ1n) is 9.04. The van der Waals surface area contributed by atoms with Crippen molar-refractivity contribution in [3.63, 3.8) is 0 Å². The van der Waals surface area contributed by atoms with E-state index < -0.39 is 17.4 Å². The summed E-state index contributed by atoms with van der Waals surface area (Å²) in [6.45, 7) is 6.49. The normalized spacial score (nSPS) is 16.1. The molecule has 2 aliphatic heterocycles. The summed E-state index contributed by atoms with van der Waals surface area (Å²) in [5.41, 5.74) is 0.705. The molecule has 1 fully saturated rings. The van der Waals surface area contributed by atoms with Crippen molar-refractivity contribution >= 4 is 28.4 Å². The molecule has 148 valence electrons. The molecule has 0 amide bonds. The highest BCUT2D eigenvalue weighted by atomic mass is 19.1. The summed E-state index contributed by atoms with van der Waals surface area (Å²) in [7, 11) is 0. The molecule has 1 saturated heterocycles. The molecule has 2 aliphatic rings. The molecule has 0 radical (unpaired) electrons. The number of anilines is 1. The van der Waals surface area contributed by atoms with Crippen molar-refractivity contribution in [2.45, 2.75) is 13.8 Å². The lowest BCUT2D eigenvalue weighted by Gasteiger charge is -2.33. The van der Waals surface area contributed by atoms with Gasteiger partial charge in [-0.05, 0) is 12.0 Å². The molecule has 28 heavy (non-hydrogen) atoms. The Hall–Kier alpha value is -3.07. The molecule has 0 saturated carbocycles. The average Bonchev–Trinajstić information content (AvgIpc) is 2.65. The predicted octanol–water partition coefficient (Wildman–Crippen LogP) is 2.45. The second-order valence-corrected chi connectivity index (χ2v) is 7.05. The summed E-state index contributed by atoms with van der Waals surface area (Å²) in [4.78, 5) is 25.6. The van der Waals surface area contributed by atoms with Gasteiger partial charge in [0.25, 0.3) is 0 Å². The topological polar surface area (TPSA) is 93.0 Å². The smallest absolute Gasteiger partial charge is 0.459 e. The van der Waals surface area contributed by atoms with Gasteiger partial charge in [-0.15, -0.1) is 0 Å². The number of rotatable bonds is 3.